The van der Waals surface area contributed by atoms with Gasteiger partial charge < -0.3 is 10.2 Å². The van der Waals surface area contributed by atoms with Crippen LogP contribution in [0.5, 0.6) is 0 Å². The molecule has 0 heterocycles. The molecule has 0 aliphatic carbocycles. The first-order chi connectivity index (χ1) is 7.54. The molecule has 0 spiro atoms. The van der Waals surface area contributed by atoms with Gasteiger partial charge in [-0.25, -0.2) is 0 Å². The van der Waals surface area contributed by atoms with E-state index in [-0.39, 0.29) is 0 Å². The molecule has 0 saturated heterocycles. The molecule has 0 aromatic heterocycles. The monoisotopic (exact) mass is 228 g/mol. The van der Waals surface area contributed by atoms with Crippen molar-refractivity contribution < 1.29 is 0 Å². The van der Waals surface area contributed by atoms with Crippen LogP contribution in [-0.2, 0) is 0 Å². The lowest BCUT2D eigenvalue weighted by Gasteiger charge is -2.20. The molecular weight excluding hydrogens is 196 g/mol. The van der Waals surface area contributed by atoms with Gasteiger partial charge in [-0.15, -0.1) is 0 Å². The van der Waals surface area contributed by atoms with Crippen LogP contribution in [-0.4, -0.2) is 37.6 Å². The molecule has 0 aromatic carbocycles. The van der Waals surface area contributed by atoms with Crippen LogP contribution in [0.2, 0.25) is 0 Å². The fraction of sp³-hybridized carbons (Fsp3) is 1.00. The highest BCUT2D eigenvalue weighted by molar-refractivity contribution is 4.57. The number of nitrogens with one attached hydrogen (secondary N) is 1. The Morgan fingerprint density at radius 1 is 0.938 bits per heavy atom. The Morgan fingerprint density at radius 3 is 2.19 bits per heavy atom. The Kier molecular flexibility index (Phi) is 10.0. The van der Waals surface area contributed by atoms with E-state index in [0.717, 1.165) is 5.92 Å². The number of hydrogen-bond donors (Lipinski definition) is 1. The van der Waals surface area contributed by atoms with Crippen molar-refractivity contribution in [2.45, 2.75) is 59.4 Å². The van der Waals surface area contributed by atoms with Gasteiger partial charge in [-0.05, 0) is 65.7 Å². The van der Waals surface area contributed by atoms with Crippen LogP contribution >= 0.6 is 0 Å². The van der Waals surface area contributed by atoms with Crippen molar-refractivity contribution in [2.75, 3.05) is 26.7 Å². The van der Waals surface area contributed by atoms with Crippen molar-refractivity contribution in [3.05, 3.63) is 0 Å². The third-order valence-electron chi connectivity index (χ3n) is 3.14. The molecule has 2 nitrogen and oxygen atoms in total. The number of hydrogen-bond acceptors (Lipinski definition) is 2. The van der Waals surface area contributed by atoms with Crippen molar-refractivity contribution in [3.8, 4) is 0 Å². The first kappa shape index (κ1) is 15.9. The van der Waals surface area contributed by atoms with E-state index in [9.17, 15) is 0 Å². The highest BCUT2D eigenvalue weighted by atomic mass is 15.1. The lowest BCUT2D eigenvalue weighted by atomic mass is 10.1. The van der Waals surface area contributed by atoms with Crippen molar-refractivity contribution in [2.24, 2.45) is 5.92 Å². The minimum absolute atomic E-state index is 0.684. The number of unbranched alkanes of at least 4 members (excludes halogenated alkanes) is 2. The maximum Gasteiger partial charge on any atom is 0.00355 e. The lowest BCUT2D eigenvalue weighted by Crippen LogP contribution is -2.27. The fourth-order valence-electron chi connectivity index (χ4n) is 1.56. The Morgan fingerprint density at radius 2 is 1.62 bits per heavy atom. The van der Waals surface area contributed by atoms with Gasteiger partial charge in [0.2, 0.25) is 0 Å². The quantitative estimate of drug-likeness (QED) is 0.578. The average molecular weight is 228 g/mol. The van der Waals surface area contributed by atoms with Gasteiger partial charge in [0.1, 0.15) is 0 Å². The van der Waals surface area contributed by atoms with E-state index in [1.165, 1.54) is 45.3 Å². The van der Waals surface area contributed by atoms with Gasteiger partial charge in [-0.3, -0.25) is 0 Å². The zero-order chi connectivity index (χ0) is 12.4. The topological polar surface area (TPSA) is 15.3 Å². The summed E-state index contributed by atoms with van der Waals surface area (Å²) in [5, 5.41) is 3.51. The summed E-state index contributed by atoms with van der Waals surface area (Å²) in [5.74, 6) is 0.826. The molecule has 2 heteroatoms. The predicted octanol–water partition coefficient (Wildman–Crippen LogP) is 3.13. The highest BCUT2D eigenvalue weighted by Crippen LogP contribution is 2.00. The normalized spacial score (nSPS) is 12.0. The molecule has 0 aliphatic heterocycles. The molecule has 98 valence electrons. The Hall–Kier alpha value is -0.0800. The SMILES string of the molecule is CC(C)CCNCCCCCN(C)C(C)C. The maximum absolute atomic E-state index is 3.51. The largest absolute Gasteiger partial charge is 0.317 e. The van der Waals surface area contributed by atoms with Gasteiger partial charge in [-0.2, -0.15) is 0 Å². The van der Waals surface area contributed by atoms with Gasteiger partial charge in [0.05, 0.1) is 0 Å². The molecule has 0 radical (unpaired) electrons. The predicted molar refractivity (Wildman–Crippen MR) is 73.9 cm³/mol. The summed E-state index contributed by atoms with van der Waals surface area (Å²) in [4.78, 5) is 2.42. The van der Waals surface area contributed by atoms with Gasteiger partial charge in [-0.1, -0.05) is 20.3 Å². The molecular formula is C14H32N2. The standard InChI is InChI=1S/C14H32N2/c1-13(2)9-11-15-10-7-6-8-12-16(5)14(3)4/h13-15H,6-12H2,1-5H3. The molecule has 0 unspecified atom stereocenters. The summed E-state index contributed by atoms with van der Waals surface area (Å²) >= 11 is 0. The van der Waals surface area contributed by atoms with Crippen molar-refractivity contribution in [1.82, 2.24) is 10.2 Å². The second kappa shape index (κ2) is 10.1. The van der Waals surface area contributed by atoms with E-state index in [1.54, 1.807) is 0 Å². The van der Waals surface area contributed by atoms with Crippen LogP contribution in [0, 0.1) is 5.92 Å². The molecule has 0 atom stereocenters. The zero-order valence-corrected chi connectivity index (χ0v) is 12.1. The molecule has 0 fully saturated rings. The molecule has 0 saturated carbocycles. The van der Waals surface area contributed by atoms with Crippen LogP contribution in [0.4, 0.5) is 0 Å². The van der Waals surface area contributed by atoms with E-state index in [1.807, 2.05) is 0 Å². The second-order valence-electron chi connectivity index (χ2n) is 5.57. The van der Waals surface area contributed by atoms with Crippen LogP contribution in [0.3, 0.4) is 0 Å². The summed E-state index contributed by atoms with van der Waals surface area (Å²) in [7, 11) is 2.21. The van der Waals surface area contributed by atoms with E-state index in [4.69, 9.17) is 0 Å². The molecule has 0 amide bonds. The van der Waals surface area contributed by atoms with Crippen molar-refractivity contribution >= 4 is 0 Å². The fourth-order valence-corrected chi connectivity index (χ4v) is 1.56. The molecule has 0 bridgehead atoms. The summed E-state index contributed by atoms with van der Waals surface area (Å²) in [5.41, 5.74) is 0. The zero-order valence-electron chi connectivity index (χ0n) is 12.1. The summed E-state index contributed by atoms with van der Waals surface area (Å²) in [6.45, 7) is 12.7. The maximum atomic E-state index is 3.51. The van der Waals surface area contributed by atoms with Gasteiger partial charge in [0.25, 0.3) is 0 Å². The second-order valence-corrected chi connectivity index (χ2v) is 5.57. The molecule has 0 aliphatic rings. The first-order valence-electron chi connectivity index (χ1n) is 6.95. The minimum atomic E-state index is 0.684. The van der Waals surface area contributed by atoms with E-state index in [2.05, 4.69) is 45.0 Å². The molecule has 1 N–H and O–H groups in total. The average Bonchev–Trinajstić information content (AvgIpc) is 2.21. The van der Waals surface area contributed by atoms with Crippen LogP contribution in [0.25, 0.3) is 0 Å². The highest BCUT2D eigenvalue weighted by Gasteiger charge is 2.01. The van der Waals surface area contributed by atoms with Crippen LogP contribution in [0.1, 0.15) is 53.4 Å². The smallest absolute Gasteiger partial charge is 0.00355 e. The van der Waals surface area contributed by atoms with Crippen LogP contribution in [0.15, 0.2) is 0 Å². The summed E-state index contributed by atoms with van der Waals surface area (Å²) in [6, 6.07) is 0.684. The minimum Gasteiger partial charge on any atom is -0.317 e. The number of nitrogens with zero attached hydrogens (tertiary/aromatic N) is 1. The molecule has 0 rings (SSSR count). The van der Waals surface area contributed by atoms with Crippen molar-refractivity contribution in [1.29, 1.82) is 0 Å². The molecule has 16 heavy (non-hydrogen) atoms. The van der Waals surface area contributed by atoms with Crippen molar-refractivity contribution in [3.63, 3.8) is 0 Å². The van der Waals surface area contributed by atoms with Gasteiger partial charge in [0, 0.05) is 6.04 Å². The van der Waals surface area contributed by atoms with Crippen LogP contribution < -0.4 is 5.32 Å². The Balaban J connectivity index is 3.10. The van der Waals surface area contributed by atoms with Gasteiger partial charge >= 0.3 is 0 Å². The van der Waals surface area contributed by atoms with E-state index < -0.39 is 0 Å². The third-order valence-corrected chi connectivity index (χ3v) is 3.14. The van der Waals surface area contributed by atoms with E-state index in [0.29, 0.717) is 6.04 Å². The number of rotatable bonds is 10. The Labute approximate surface area is 103 Å². The van der Waals surface area contributed by atoms with Gasteiger partial charge in [0.15, 0.2) is 0 Å². The van der Waals surface area contributed by atoms with E-state index >= 15 is 0 Å². The lowest BCUT2D eigenvalue weighted by molar-refractivity contribution is 0.267. The summed E-state index contributed by atoms with van der Waals surface area (Å²) < 4.78 is 0. The summed E-state index contributed by atoms with van der Waals surface area (Å²) in [6.07, 6.45) is 5.31. The Bertz CT molecular complexity index is 144. The first-order valence-corrected chi connectivity index (χ1v) is 6.95. The third kappa shape index (κ3) is 10.4. The molecule has 0 aromatic rings.